The molecular formula is C10H22N8O2S. The van der Waals surface area contributed by atoms with Crippen LogP contribution in [-0.4, -0.2) is 55.8 Å². The van der Waals surface area contributed by atoms with Crippen LogP contribution < -0.4 is 26.2 Å². The third-order valence-electron chi connectivity index (χ3n) is 2.76. The van der Waals surface area contributed by atoms with Crippen molar-refractivity contribution in [2.24, 2.45) is 5.84 Å². The Morgan fingerprint density at radius 3 is 2.29 bits per heavy atom. The lowest BCUT2D eigenvalue weighted by molar-refractivity contribution is 0.588. The number of nitrogens with two attached hydrogens (primary N) is 1. The minimum Gasteiger partial charge on any atom is -0.353 e. The molecular weight excluding hydrogens is 296 g/mol. The molecule has 0 atom stereocenters. The zero-order valence-corrected chi connectivity index (χ0v) is 13.2. The van der Waals surface area contributed by atoms with Crippen LogP contribution in [0.3, 0.4) is 0 Å². The summed E-state index contributed by atoms with van der Waals surface area (Å²) in [7, 11) is -1.91. The molecule has 0 unspecified atom stereocenters. The summed E-state index contributed by atoms with van der Waals surface area (Å²) in [5.41, 5.74) is 2.37. The summed E-state index contributed by atoms with van der Waals surface area (Å²) in [4.78, 5) is 14.4. The summed E-state index contributed by atoms with van der Waals surface area (Å²) in [6.07, 6.45) is 0. The monoisotopic (exact) mass is 318 g/mol. The molecule has 0 aromatic carbocycles. The van der Waals surface area contributed by atoms with Gasteiger partial charge in [-0.25, -0.2) is 19.0 Å². The predicted octanol–water partition coefficient (Wildman–Crippen LogP) is -1.04. The number of aromatic nitrogens is 3. The molecule has 0 amide bonds. The van der Waals surface area contributed by atoms with E-state index < -0.39 is 10.0 Å². The van der Waals surface area contributed by atoms with Crippen molar-refractivity contribution in [3.63, 3.8) is 0 Å². The van der Waals surface area contributed by atoms with Gasteiger partial charge in [-0.15, -0.1) is 0 Å². The first-order valence-electron chi connectivity index (χ1n) is 6.58. The molecule has 0 bridgehead atoms. The first-order valence-corrected chi connectivity index (χ1v) is 8.23. The van der Waals surface area contributed by atoms with Gasteiger partial charge in [0.2, 0.25) is 27.9 Å². The smallest absolute Gasteiger partial charge is 0.243 e. The van der Waals surface area contributed by atoms with Crippen LogP contribution in [0, 0.1) is 0 Å². The van der Waals surface area contributed by atoms with E-state index in [1.165, 1.54) is 7.05 Å². The fourth-order valence-electron chi connectivity index (χ4n) is 1.56. The lowest BCUT2D eigenvalue weighted by Crippen LogP contribution is -2.28. The maximum absolute atomic E-state index is 11.3. The second-order valence-corrected chi connectivity index (χ2v) is 6.10. The van der Waals surface area contributed by atoms with Crippen molar-refractivity contribution in [3.05, 3.63) is 0 Å². The minimum absolute atomic E-state index is 0.0822. The summed E-state index contributed by atoms with van der Waals surface area (Å²) < 4.78 is 24.9. The second kappa shape index (κ2) is 7.90. The van der Waals surface area contributed by atoms with Gasteiger partial charge in [0, 0.05) is 19.6 Å². The predicted molar refractivity (Wildman–Crippen MR) is 82.5 cm³/mol. The van der Waals surface area contributed by atoms with Gasteiger partial charge in [-0.2, -0.15) is 15.0 Å². The maximum atomic E-state index is 11.3. The number of nitrogens with one attached hydrogen (secondary N) is 3. The largest absolute Gasteiger partial charge is 0.353 e. The summed E-state index contributed by atoms with van der Waals surface area (Å²) in [5.74, 6) is 6.21. The molecule has 5 N–H and O–H groups in total. The van der Waals surface area contributed by atoms with Gasteiger partial charge in [-0.3, -0.25) is 5.43 Å². The SMILES string of the molecule is CCN(CC)c1nc(NN)nc(NCCS(=O)(=O)NC)n1. The van der Waals surface area contributed by atoms with E-state index in [1.807, 2.05) is 18.7 Å². The zero-order chi connectivity index (χ0) is 15.9. The van der Waals surface area contributed by atoms with Crippen LogP contribution in [-0.2, 0) is 10.0 Å². The topological polar surface area (TPSA) is 138 Å². The molecule has 1 rings (SSSR count). The Hall–Kier alpha value is -1.72. The summed E-state index contributed by atoms with van der Waals surface area (Å²) in [6, 6.07) is 0. The number of hydrogen-bond acceptors (Lipinski definition) is 9. The van der Waals surface area contributed by atoms with E-state index in [1.54, 1.807) is 0 Å². The molecule has 0 aliphatic heterocycles. The van der Waals surface area contributed by atoms with Crippen molar-refractivity contribution in [1.29, 1.82) is 0 Å². The number of anilines is 3. The van der Waals surface area contributed by atoms with Gasteiger partial charge in [0.1, 0.15) is 0 Å². The van der Waals surface area contributed by atoms with Crippen LogP contribution in [0.5, 0.6) is 0 Å². The molecule has 0 radical (unpaired) electrons. The van der Waals surface area contributed by atoms with E-state index >= 15 is 0 Å². The standard InChI is InChI=1S/C10H22N8O2S/c1-4-18(5-2)10-15-8(14-9(16-10)17-11)13-6-7-21(19,20)12-3/h12H,4-7,11H2,1-3H3,(H2,13,14,15,16,17). The summed E-state index contributed by atoms with van der Waals surface area (Å²) in [6.45, 7) is 5.61. The van der Waals surface area contributed by atoms with Crippen molar-refractivity contribution in [2.45, 2.75) is 13.8 Å². The van der Waals surface area contributed by atoms with Crippen molar-refractivity contribution >= 4 is 27.9 Å². The van der Waals surface area contributed by atoms with Gasteiger partial charge in [0.15, 0.2) is 0 Å². The number of nitrogen functional groups attached to an aromatic ring is 1. The van der Waals surface area contributed by atoms with Gasteiger partial charge in [-0.1, -0.05) is 0 Å². The van der Waals surface area contributed by atoms with Crippen molar-refractivity contribution < 1.29 is 8.42 Å². The summed E-state index contributed by atoms with van der Waals surface area (Å²) >= 11 is 0. The lowest BCUT2D eigenvalue weighted by Gasteiger charge is -2.19. The Morgan fingerprint density at radius 1 is 1.14 bits per heavy atom. The molecule has 0 fully saturated rings. The molecule has 1 aromatic heterocycles. The minimum atomic E-state index is -3.28. The molecule has 21 heavy (non-hydrogen) atoms. The van der Waals surface area contributed by atoms with Crippen LogP contribution in [0.15, 0.2) is 0 Å². The molecule has 120 valence electrons. The summed E-state index contributed by atoms with van der Waals surface area (Å²) in [5, 5.41) is 2.85. The zero-order valence-electron chi connectivity index (χ0n) is 12.4. The van der Waals surface area contributed by atoms with Gasteiger partial charge in [0.25, 0.3) is 0 Å². The molecule has 0 aliphatic rings. The Balaban J connectivity index is 2.84. The highest BCUT2D eigenvalue weighted by atomic mass is 32.2. The molecule has 0 saturated carbocycles. The average Bonchev–Trinajstić information content (AvgIpc) is 2.48. The third-order valence-corrected chi connectivity index (χ3v) is 4.13. The van der Waals surface area contributed by atoms with Crippen LogP contribution in [0.4, 0.5) is 17.8 Å². The molecule has 0 spiro atoms. The van der Waals surface area contributed by atoms with Crippen LogP contribution >= 0.6 is 0 Å². The second-order valence-electron chi connectivity index (χ2n) is 4.05. The highest BCUT2D eigenvalue weighted by molar-refractivity contribution is 7.89. The van der Waals surface area contributed by atoms with Gasteiger partial charge in [-0.05, 0) is 20.9 Å². The highest BCUT2D eigenvalue weighted by Crippen LogP contribution is 2.12. The van der Waals surface area contributed by atoms with Crippen molar-refractivity contribution in [1.82, 2.24) is 19.7 Å². The van der Waals surface area contributed by atoms with E-state index in [4.69, 9.17) is 5.84 Å². The van der Waals surface area contributed by atoms with Crippen LogP contribution in [0.25, 0.3) is 0 Å². The molecule has 0 aliphatic carbocycles. The quantitative estimate of drug-likeness (QED) is 0.332. The van der Waals surface area contributed by atoms with E-state index in [9.17, 15) is 8.42 Å². The number of rotatable bonds is 9. The first kappa shape index (κ1) is 17.3. The molecule has 1 aromatic rings. The molecule has 11 heteroatoms. The first-order chi connectivity index (χ1) is 9.95. The normalized spacial score (nSPS) is 11.2. The Kier molecular flexibility index (Phi) is 6.52. The van der Waals surface area contributed by atoms with Gasteiger partial charge >= 0.3 is 0 Å². The third kappa shape index (κ3) is 5.28. The fraction of sp³-hybridized carbons (Fsp3) is 0.700. The number of sulfonamides is 1. The fourth-order valence-corrected chi connectivity index (χ4v) is 2.13. The van der Waals surface area contributed by atoms with Crippen LogP contribution in [0.1, 0.15) is 13.8 Å². The Bertz CT molecular complexity index is 546. The van der Waals surface area contributed by atoms with E-state index in [-0.39, 0.29) is 24.2 Å². The number of hydrogen-bond donors (Lipinski definition) is 4. The lowest BCUT2D eigenvalue weighted by atomic mass is 10.5. The Morgan fingerprint density at radius 2 is 1.76 bits per heavy atom. The number of nitrogens with zero attached hydrogens (tertiary/aromatic N) is 4. The van der Waals surface area contributed by atoms with Crippen LogP contribution in [0.2, 0.25) is 0 Å². The molecule has 10 nitrogen and oxygen atoms in total. The maximum Gasteiger partial charge on any atom is 0.243 e. The van der Waals surface area contributed by atoms with Gasteiger partial charge < -0.3 is 10.2 Å². The highest BCUT2D eigenvalue weighted by Gasteiger charge is 2.11. The van der Waals surface area contributed by atoms with E-state index in [0.29, 0.717) is 5.95 Å². The van der Waals surface area contributed by atoms with E-state index in [2.05, 4.69) is 30.4 Å². The average molecular weight is 318 g/mol. The Labute approximate surface area is 124 Å². The number of hydrazine groups is 1. The van der Waals surface area contributed by atoms with Crippen molar-refractivity contribution in [3.8, 4) is 0 Å². The van der Waals surface area contributed by atoms with E-state index in [0.717, 1.165) is 13.1 Å². The molecule has 0 saturated heterocycles. The molecule has 1 heterocycles. The van der Waals surface area contributed by atoms with Gasteiger partial charge in [0.05, 0.1) is 5.75 Å². The van der Waals surface area contributed by atoms with Crippen molar-refractivity contribution in [2.75, 3.05) is 48.1 Å².